The first-order valence-corrected chi connectivity index (χ1v) is 8.82. The molecule has 2 saturated heterocycles. The van der Waals surface area contributed by atoms with E-state index in [1.807, 2.05) is 17.3 Å². The molecule has 3 atom stereocenters. The lowest BCUT2D eigenvalue weighted by Crippen LogP contribution is -2.53. The number of amides is 2. The summed E-state index contributed by atoms with van der Waals surface area (Å²) in [4.78, 5) is 30.7. The molecule has 3 aliphatic heterocycles. The van der Waals surface area contributed by atoms with Gasteiger partial charge < -0.3 is 14.8 Å². The van der Waals surface area contributed by atoms with E-state index in [0.29, 0.717) is 12.2 Å². The Hall–Kier alpha value is -1.50. The van der Waals surface area contributed by atoms with Gasteiger partial charge in [-0.1, -0.05) is 0 Å². The molecule has 22 heavy (non-hydrogen) atoms. The molecule has 0 bridgehead atoms. The van der Waals surface area contributed by atoms with Crippen LogP contribution < -0.4 is 5.32 Å². The van der Waals surface area contributed by atoms with E-state index >= 15 is 0 Å². The number of hydrogen-bond donors (Lipinski definition) is 1. The number of rotatable bonds is 2. The molecule has 7 heteroatoms. The van der Waals surface area contributed by atoms with E-state index in [0.717, 1.165) is 31.6 Å². The highest BCUT2D eigenvalue weighted by atomic mass is 32.2. The fourth-order valence-electron chi connectivity index (χ4n) is 3.80. The molecule has 1 aromatic rings. The second-order valence-corrected chi connectivity index (χ2v) is 8.01. The largest absolute Gasteiger partial charge is 0.350 e. The Morgan fingerprint density at radius 1 is 1.50 bits per heavy atom. The van der Waals surface area contributed by atoms with E-state index in [1.54, 1.807) is 11.8 Å². The fraction of sp³-hybridized carbons (Fsp3) is 0.667. The van der Waals surface area contributed by atoms with Crippen molar-refractivity contribution in [1.29, 1.82) is 0 Å². The van der Waals surface area contributed by atoms with Crippen molar-refractivity contribution >= 4 is 23.6 Å². The topological polar surface area (TPSA) is 67.2 Å². The zero-order chi connectivity index (χ0) is 15.3. The minimum atomic E-state index is -0.311. The smallest absolute Gasteiger partial charge is 0.243 e. The van der Waals surface area contributed by atoms with E-state index in [-0.39, 0.29) is 28.8 Å². The first-order valence-electron chi connectivity index (χ1n) is 7.83. The van der Waals surface area contributed by atoms with Crippen LogP contribution in [0.25, 0.3) is 0 Å². The number of carbonyl (C=O) groups is 2. The van der Waals surface area contributed by atoms with Crippen LogP contribution in [0.1, 0.15) is 32.0 Å². The molecular weight excluding hydrogens is 300 g/mol. The molecule has 3 aliphatic rings. The van der Waals surface area contributed by atoms with Gasteiger partial charge in [-0.3, -0.25) is 9.59 Å². The molecule has 0 unspecified atom stereocenters. The number of nitrogens with one attached hydrogen (secondary N) is 1. The molecule has 0 saturated carbocycles. The van der Waals surface area contributed by atoms with Gasteiger partial charge in [-0.25, -0.2) is 4.98 Å². The molecule has 0 radical (unpaired) electrons. The second-order valence-electron chi connectivity index (χ2n) is 6.51. The molecule has 1 aromatic heterocycles. The summed E-state index contributed by atoms with van der Waals surface area (Å²) in [6, 6.07) is -0.182. The Bertz CT molecular complexity index is 631. The van der Waals surface area contributed by atoms with E-state index in [4.69, 9.17) is 0 Å². The monoisotopic (exact) mass is 320 g/mol. The lowest BCUT2D eigenvalue weighted by atomic mass is 10.1. The SMILES string of the molecule is C[C@]12CCC(=O)N1[C@H](C(=O)N[C@H]1CCc3nccn3C1)CS2. The molecule has 2 amide bonds. The molecule has 118 valence electrons. The molecular formula is C15H20N4O2S. The van der Waals surface area contributed by atoms with Crippen molar-refractivity contribution in [1.82, 2.24) is 19.8 Å². The zero-order valence-electron chi connectivity index (χ0n) is 12.6. The molecule has 0 spiro atoms. The van der Waals surface area contributed by atoms with Gasteiger partial charge in [-0.05, 0) is 19.8 Å². The second kappa shape index (κ2) is 5.01. The van der Waals surface area contributed by atoms with Gasteiger partial charge in [0, 0.05) is 43.6 Å². The highest BCUT2D eigenvalue weighted by molar-refractivity contribution is 8.01. The van der Waals surface area contributed by atoms with Gasteiger partial charge in [0.2, 0.25) is 11.8 Å². The first kappa shape index (κ1) is 14.1. The minimum absolute atomic E-state index is 0.0000373. The Morgan fingerprint density at radius 3 is 3.23 bits per heavy atom. The summed E-state index contributed by atoms with van der Waals surface area (Å²) in [5.74, 6) is 1.91. The number of nitrogens with zero attached hydrogens (tertiary/aromatic N) is 3. The van der Waals surface area contributed by atoms with E-state index < -0.39 is 0 Å². The third-order valence-corrected chi connectivity index (χ3v) is 6.53. The molecule has 6 nitrogen and oxygen atoms in total. The first-order chi connectivity index (χ1) is 10.6. The van der Waals surface area contributed by atoms with Gasteiger partial charge in [0.05, 0.1) is 4.87 Å². The Labute approximate surface area is 133 Å². The van der Waals surface area contributed by atoms with Crippen LogP contribution in [0.4, 0.5) is 0 Å². The van der Waals surface area contributed by atoms with Gasteiger partial charge in [0.25, 0.3) is 0 Å². The molecule has 4 heterocycles. The van der Waals surface area contributed by atoms with Crippen molar-refractivity contribution in [2.45, 2.75) is 56.1 Å². The summed E-state index contributed by atoms with van der Waals surface area (Å²) in [7, 11) is 0. The quantitative estimate of drug-likeness (QED) is 0.874. The Morgan fingerprint density at radius 2 is 2.36 bits per heavy atom. The average molecular weight is 320 g/mol. The van der Waals surface area contributed by atoms with Crippen LogP contribution in [0.15, 0.2) is 12.4 Å². The number of imidazole rings is 1. The Balaban J connectivity index is 1.44. The normalized spacial score (nSPS) is 33.7. The minimum Gasteiger partial charge on any atom is -0.350 e. The summed E-state index contributed by atoms with van der Waals surface area (Å²) in [6.45, 7) is 2.85. The number of carbonyl (C=O) groups excluding carboxylic acids is 2. The maximum absolute atomic E-state index is 12.7. The van der Waals surface area contributed by atoms with E-state index in [1.165, 1.54) is 0 Å². The van der Waals surface area contributed by atoms with Crippen LogP contribution in [0.5, 0.6) is 0 Å². The average Bonchev–Trinajstić information content (AvgIpc) is 3.15. The molecule has 2 fully saturated rings. The van der Waals surface area contributed by atoms with Gasteiger partial charge in [-0.2, -0.15) is 0 Å². The number of aromatic nitrogens is 2. The van der Waals surface area contributed by atoms with E-state index in [2.05, 4.69) is 21.8 Å². The van der Waals surface area contributed by atoms with Crippen molar-refractivity contribution in [3.05, 3.63) is 18.2 Å². The van der Waals surface area contributed by atoms with Crippen LogP contribution in [-0.4, -0.2) is 49.0 Å². The standard InChI is InChI=1S/C15H20N4O2S/c1-15-5-4-13(20)19(15)11(9-22-15)14(21)17-10-2-3-12-16-6-7-18(12)8-10/h6-7,10-11H,2-5,8-9H2,1H3,(H,17,21)/t10-,11-,15-/m0/s1. The maximum atomic E-state index is 12.7. The summed E-state index contributed by atoms with van der Waals surface area (Å²) < 4.78 is 2.10. The van der Waals surface area contributed by atoms with Gasteiger partial charge in [-0.15, -0.1) is 11.8 Å². The lowest BCUT2D eigenvalue weighted by Gasteiger charge is -2.31. The van der Waals surface area contributed by atoms with Crippen molar-refractivity contribution in [2.75, 3.05) is 5.75 Å². The molecule has 4 rings (SSSR count). The van der Waals surface area contributed by atoms with Crippen LogP contribution in [0.2, 0.25) is 0 Å². The van der Waals surface area contributed by atoms with Crippen molar-refractivity contribution < 1.29 is 9.59 Å². The van der Waals surface area contributed by atoms with Crippen molar-refractivity contribution in [3.63, 3.8) is 0 Å². The predicted octanol–water partition coefficient (Wildman–Crippen LogP) is 0.768. The summed E-state index contributed by atoms with van der Waals surface area (Å²) >= 11 is 1.74. The van der Waals surface area contributed by atoms with Crippen LogP contribution >= 0.6 is 11.8 Å². The van der Waals surface area contributed by atoms with Gasteiger partial charge in [0.15, 0.2) is 0 Å². The summed E-state index contributed by atoms with van der Waals surface area (Å²) in [5, 5.41) is 3.15. The van der Waals surface area contributed by atoms with Crippen LogP contribution in [-0.2, 0) is 22.6 Å². The highest BCUT2D eigenvalue weighted by Gasteiger charge is 2.53. The number of fused-ring (bicyclic) bond motifs is 2. The van der Waals surface area contributed by atoms with Gasteiger partial charge >= 0.3 is 0 Å². The van der Waals surface area contributed by atoms with Crippen molar-refractivity contribution in [2.24, 2.45) is 0 Å². The van der Waals surface area contributed by atoms with E-state index in [9.17, 15) is 9.59 Å². The van der Waals surface area contributed by atoms with Gasteiger partial charge in [0.1, 0.15) is 11.9 Å². The number of thioether (sulfide) groups is 1. The summed E-state index contributed by atoms with van der Waals surface area (Å²) in [6.07, 6.45) is 6.98. The van der Waals surface area contributed by atoms with Crippen molar-refractivity contribution in [3.8, 4) is 0 Å². The highest BCUT2D eigenvalue weighted by Crippen LogP contribution is 2.47. The zero-order valence-corrected chi connectivity index (χ0v) is 13.4. The molecule has 1 N–H and O–H groups in total. The maximum Gasteiger partial charge on any atom is 0.243 e. The Kier molecular flexibility index (Phi) is 3.21. The molecule has 0 aromatic carbocycles. The third-order valence-electron chi connectivity index (χ3n) is 5.03. The molecule has 0 aliphatic carbocycles. The predicted molar refractivity (Wildman–Crippen MR) is 83.2 cm³/mol. The summed E-state index contributed by atoms with van der Waals surface area (Å²) in [5.41, 5.74) is 0. The van der Waals surface area contributed by atoms with Crippen LogP contribution in [0, 0.1) is 0 Å². The van der Waals surface area contributed by atoms with Crippen LogP contribution in [0.3, 0.4) is 0 Å². The third kappa shape index (κ3) is 2.14. The fourth-order valence-corrected chi connectivity index (χ4v) is 5.23. The number of hydrogen-bond acceptors (Lipinski definition) is 4. The lowest BCUT2D eigenvalue weighted by molar-refractivity contribution is -0.138. The number of aryl methyl sites for hydroxylation is 1.